The maximum atomic E-state index is 5.52. The van der Waals surface area contributed by atoms with Gasteiger partial charge in [0.2, 0.25) is 0 Å². The maximum absolute atomic E-state index is 5.52. The van der Waals surface area contributed by atoms with Gasteiger partial charge in [-0.05, 0) is 50.5 Å². The fourth-order valence-corrected chi connectivity index (χ4v) is 9.09. The molecule has 9 rings (SSSR count). The minimum atomic E-state index is -0.0126. The molecule has 1 aromatic carbocycles. The van der Waals surface area contributed by atoms with Crippen molar-refractivity contribution in [3.8, 4) is 0 Å². The SMILES string of the molecule is C1CCC2(CC1)COCN2.CCC12COCN1COC2.CCCC1(CC)COCN1.CCCCC1(CC)COCN1.c1ccc(C23COCN2COC3)cc1. The van der Waals surface area contributed by atoms with E-state index in [4.69, 9.17) is 33.2 Å². The molecule has 12 heteroatoms. The second kappa shape index (κ2) is 22.2. The average molecular weight is 776 g/mol. The molecule has 1 saturated carbocycles. The average Bonchev–Trinajstić information content (AvgIpc) is 4.08. The van der Waals surface area contributed by atoms with Crippen LogP contribution in [0.2, 0.25) is 0 Å². The minimum absolute atomic E-state index is 0.0126. The number of rotatable bonds is 9. The number of nitrogens with zero attached hydrogens (tertiary/aromatic N) is 2. The number of ether oxygens (including phenoxy) is 7. The van der Waals surface area contributed by atoms with Crippen molar-refractivity contribution >= 4 is 0 Å². The van der Waals surface area contributed by atoms with E-state index < -0.39 is 0 Å². The third-order valence-corrected chi connectivity index (χ3v) is 13.3. The van der Waals surface area contributed by atoms with E-state index >= 15 is 0 Å². The summed E-state index contributed by atoms with van der Waals surface area (Å²) >= 11 is 0. The summed E-state index contributed by atoms with van der Waals surface area (Å²) in [6.45, 7) is 22.2. The van der Waals surface area contributed by atoms with Crippen molar-refractivity contribution in [1.29, 1.82) is 0 Å². The molecule has 7 heterocycles. The van der Waals surface area contributed by atoms with Gasteiger partial charge in [0.25, 0.3) is 0 Å². The number of unbranched alkanes of at least 4 members (excludes halogenated alkanes) is 1. The van der Waals surface area contributed by atoms with Crippen molar-refractivity contribution in [3.63, 3.8) is 0 Å². The molecule has 3 N–H and O–H groups in total. The topological polar surface area (TPSA) is 107 Å². The molecule has 2 unspecified atom stereocenters. The van der Waals surface area contributed by atoms with Crippen LogP contribution in [0.15, 0.2) is 30.3 Å². The molecule has 0 bridgehead atoms. The molecule has 1 aliphatic carbocycles. The second-order valence-corrected chi connectivity index (χ2v) is 16.9. The molecule has 8 fully saturated rings. The van der Waals surface area contributed by atoms with Gasteiger partial charge in [0.1, 0.15) is 26.9 Å². The smallest absolute Gasteiger partial charge is 0.102 e. The first-order valence-electron chi connectivity index (χ1n) is 21.7. The summed E-state index contributed by atoms with van der Waals surface area (Å²) in [7, 11) is 0. The fourth-order valence-electron chi connectivity index (χ4n) is 9.09. The van der Waals surface area contributed by atoms with E-state index in [9.17, 15) is 0 Å². The summed E-state index contributed by atoms with van der Waals surface area (Å²) < 4.78 is 37.7. The van der Waals surface area contributed by atoms with E-state index in [-0.39, 0.29) is 11.1 Å². The van der Waals surface area contributed by atoms with Crippen LogP contribution in [-0.2, 0) is 38.7 Å². The Morgan fingerprint density at radius 1 is 0.527 bits per heavy atom. The summed E-state index contributed by atoms with van der Waals surface area (Å²) in [5, 5.41) is 10.3. The van der Waals surface area contributed by atoms with Crippen LogP contribution < -0.4 is 16.0 Å². The van der Waals surface area contributed by atoms with Crippen LogP contribution >= 0.6 is 0 Å². The highest BCUT2D eigenvalue weighted by Gasteiger charge is 2.48. The van der Waals surface area contributed by atoms with Crippen LogP contribution in [0.3, 0.4) is 0 Å². The molecule has 1 spiro atoms. The molecule has 0 aromatic heterocycles. The van der Waals surface area contributed by atoms with Crippen molar-refractivity contribution in [1.82, 2.24) is 25.8 Å². The molecular weight excluding hydrogens is 699 g/mol. The van der Waals surface area contributed by atoms with Crippen LogP contribution in [0.5, 0.6) is 0 Å². The van der Waals surface area contributed by atoms with Gasteiger partial charge in [0.05, 0.1) is 77.5 Å². The van der Waals surface area contributed by atoms with Gasteiger partial charge in [-0.15, -0.1) is 0 Å². The van der Waals surface area contributed by atoms with Crippen molar-refractivity contribution in [2.75, 3.05) is 93.4 Å². The predicted molar refractivity (Wildman–Crippen MR) is 216 cm³/mol. The van der Waals surface area contributed by atoms with Crippen LogP contribution in [0.1, 0.15) is 124 Å². The Kier molecular flexibility index (Phi) is 18.1. The van der Waals surface area contributed by atoms with E-state index in [1.54, 1.807) is 0 Å². The summed E-state index contributed by atoms with van der Waals surface area (Å²) in [4.78, 5) is 4.52. The molecule has 7 saturated heterocycles. The lowest BCUT2D eigenvalue weighted by Gasteiger charge is -2.31. The first-order chi connectivity index (χ1) is 26.9. The summed E-state index contributed by atoms with van der Waals surface area (Å²) in [6, 6.07) is 10.5. The Morgan fingerprint density at radius 2 is 1.07 bits per heavy atom. The van der Waals surface area contributed by atoms with Crippen LogP contribution in [0.4, 0.5) is 0 Å². The van der Waals surface area contributed by atoms with Crippen molar-refractivity contribution in [3.05, 3.63) is 35.9 Å². The quantitative estimate of drug-likeness (QED) is 0.264. The molecule has 8 aliphatic rings. The van der Waals surface area contributed by atoms with E-state index in [0.717, 1.165) is 86.3 Å². The van der Waals surface area contributed by atoms with Gasteiger partial charge in [0.15, 0.2) is 0 Å². The molecule has 1 aromatic rings. The van der Waals surface area contributed by atoms with Crippen molar-refractivity contribution in [2.45, 2.75) is 146 Å². The zero-order valence-electron chi connectivity index (χ0n) is 35.2. The van der Waals surface area contributed by atoms with E-state index in [1.165, 1.54) is 82.6 Å². The van der Waals surface area contributed by atoms with Gasteiger partial charge in [-0.2, -0.15) is 0 Å². The van der Waals surface area contributed by atoms with Crippen LogP contribution in [-0.4, -0.2) is 125 Å². The summed E-state index contributed by atoms with van der Waals surface area (Å²) in [5.41, 5.74) is 2.56. The van der Waals surface area contributed by atoms with Gasteiger partial charge >= 0.3 is 0 Å². The van der Waals surface area contributed by atoms with Crippen LogP contribution in [0, 0.1) is 0 Å². The highest BCUT2D eigenvalue weighted by Crippen LogP contribution is 2.37. The van der Waals surface area contributed by atoms with Gasteiger partial charge in [-0.25, -0.2) is 9.80 Å². The van der Waals surface area contributed by atoms with Gasteiger partial charge in [0, 0.05) is 16.6 Å². The zero-order chi connectivity index (χ0) is 38.9. The largest absolute Gasteiger partial charge is 0.364 e. The second-order valence-electron chi connectivity index (χ2n) is 16.9. The Morgan fingerprint density at radius 3 is 1.55 bits per heavy atom. The maximum Gasteiger partial charge on any atom is 0.102 e. The first kappa shape index (κ1) is 44.8. The molecule has 316 valence electrons. The lowest BCUT2D eigenvalue weighted by molar-refractivity contribution is 0.0694. The number of nitrogens with one attached hydrogen (secondary N) is 3. The highest BCUT2D eigenvalue weighted by atomic mass is 16.6. The highest BCUT2D eigenvalue weighted by molar-refractivity contribution is 5.26. The summed E-state index contributed by atoms with van der Waals surface area (Å²) in [5.74, 6) is 0. The summed E-state index contributed by atoms with van der Waals surface area (Å²) in [6.07, 6.45) is 16.7. The molecule has 12 nitrogen and oxygen atoms in total. The van der Waals surface area contributed by atoms with Gasteiger partial charge < -0.3 is 33.2 Å². The van der Waals surface area contributed by atoms with E-state index in [0.29, 0.717) is 30.1 Å². The monoisotopic (exact) mass is 776 g/mol. The zero-order valence-corrected chi connectivity index (χ0v) is 35.2. The number of hydrogen-bond acceptors (Lipinski definition) is 12. The van der Waals surface area contributed by atoms with Gasteiger partial charge in [-0.1, -0.05) is 103 Å². The molecule has 55 heavy (non-hydrogen) atoms. The number of hydrogen-bond donors (Lipinski definition) is 3. The lowest BCUT2D eigenvalue weighted by atomic mass is 9.83. The molecule has 0 radical (unpaired) electrons. The normalized spacial score (nSPS) is 29.9. The number of benzene rings is 1. The first-order valence-corrected chi connectivity index (χ1v) is 21.7. The Balaban J connectivity index is 0.000000133. The minimum Gasteiger partial charge on any atom is -0.364 e. The third kappa shape index (κ3) is 11.7. The third-order valence-electron chi connectivity index (χ3n) is 13.3. The Hall–Kier alpha value is -1.26. The van der Waals surface area contributed by atoms with E-state index in [1.807, 2.05) is 6.07 Å². The number of fused-ring (bicyclic) bond motifs is 2. The standard InChI is InChI=1S/C11H13NO2.C9H19NO.C8H15NO.C8H17NO.C7H13NO2/c1-2-4-10(5-3-1)11-6-13-8-12(11)9-14-7-11;1-3-5-6-9(4-2)7-11-8-10-9;1-2-4-8(5-3-1)6-10-7-9-8;1-3-5-8(4-2)6-10-7-9-8;1-2-7-3-9-5-8(7)6-10-4-7/h1-5H,6-9H2;10H,3-8H2,1-2H3;9H,1-7H2;9H,3-7H2,1-2H3;2-6H2,1H3. The van der Waals surface area contributed by atoms with Crippen molar-refractivity contribution < 1.29 is 33.2 Å². The molecule has 2 atom stereocenters. The molecular formula is C43H77N5O7. The van der Waals surface area contributed by atoms with Gasteiger partial charge in [-0.3, -0.25) is 16.0 Å². The van der Waals surface area contributed by atoms with E-state index in [2.05, 4.69) is 84.6 Å². The molecule has 0 amide bonds. The predicted octanol–water partition coefficient (Wildman–Crippen LogP) is 6.25. The Bertz CT molecular complexity index is 1150. The Labute approximate surface area is 333 Å². The molecule has 7 aliphatic heterocycles. The fraction of sp³-hybridized carbons (Fsp3) is 0.860. The lowest BCUT2D eigenvalue weighted by Crippen LogP contribution is -2.43. The van der Waals surface area contributed by atoms with Crippen molar-refractivity contribution in [2.24, 2.45) is 0 Å². The van der Waals surface area contributed by atoms with Crippen LogP contribution in [0.25, 0.3) is 0 Å².